The van der Waals surface area contributed by atoms with Crippen molar-refractivity contribution < 1.29 is 0 Å². The topological polar surface area (TPSA) is 46.9 Å². The summed E-state index contributed by atoms with van der Waals surface area (Å²) >= 11 is 3.39. The van der Waals surface area contributed by atoms with Crippen LogP contribution in [0.5, 0.6) is 0 Å². The first-order valence-corrected chi connectivity index (χ1v) is 7.29. The lowest BCUT2D eigenvalue weighted by Crippen LogP contribution is -2.35. The average molecular weight is 314 g/mol. The number of hydrogen-bond acceptors (Lipinski definition) is 3. The molecule has 100 valence electrons. The molecule has 1 aliphatic carbocycles. The van der Waals surface area contributed by atoms with Crippen LogP contribution in [0.15, 0.2) is 15.5 Å². The largest absolute Gasteiger partial charge is 0.378 e. The number of hydrogen-bond donors (Lipinski definition) is 1. The Bertz CT molecular complexity index is 491. The first kappa shape index (κ1) is 13.6. The minimum absolute atomic E-state index is 0.0214. The fraction of sp³-hybridized carbons (Fsp3) is 0.692. The molecule has 5 heteroatoms. The average Bonchev–Trinajstić information content (AvgIpc) is 3.13. The van der Waals surface area contributed by atoms with E-state index in [2.05, 4.69) is 40.2 Å². The number of nitrogens with zero attached hydrogens (tertiary/aromatic N) is 2. The highest BCUT2D eigenvalue weighted by molar-refractivity contribution is 9.10. The highest BCUT2D eigenvalue weighted by Crippen LogP contribution is 2.41. The molecule has 4 nitrogen and oxygen atoms in total. The van der Waals surface area contributed by atoms with E-state index in [0.29, 0.717) is 16.9 Å². The Morgan fingerprint density at radius 1 is 1.56 bits per heavy atom. The second kappa shape index (κ2) is 5.03. The maximum absolute atomic E-state index is 12.1. The van der Waals surface area contributed by atoms with E-state index in [1.807, 2.05) is 6.92 Å². The fourth-order valence-electron chi connectivity index (χ4n) is 2.18. The summed E-state index contributed by atoms with van der Waals surface area (Å²) in [6, 6.07) is 0. The van der Waals surface area contributed by atoms with Gasteiger partial charge in [0.1, 0.15) is 4.47 Å². The van der Waals surface area contributed by atoms with E-state index in [0.717, 1.165) is 12.1 Å². The molecule has 1 fully saturated rings. The van der Waals surface area contributed by atoms with Gasteiger partial charge < -0.3 is 5.32 Å². The first-order chi connectivity index (χ1) is 8.45. The standard InChI is InChI=1S/C13H20BrN3O/c1-4-7-17-12(18)11(14)10(8-15-17)16-13(2,3)9-5-6-9/h8-9,16H,4-7H2,1-3H3. The summed E-state index contributed by atoms with van der Waals surface area (Å²) < 4.78 is 2.08. The zero-order chi connectivity index (χ0) is 13.3. The Morgan fingerprint density at radius 2 is 2.22 bits per heavy atom. The molecule has 2 rings (SSSR count). The molecule has 1 aromatic heterocycles. The number of aromatic nitrogens is 2. The molecule has 0 saturated heterocycles. The number of aryl methyl sites for hydroxylation is 1. The van der Waals surface area contributed by atoms with Gasteiger partial charge in [0.05, 0.1) is 11.9 Å². The minimum atomic E-state index is -0.0616. The Balaban J connectivity index is 2.24. The van der Waals surface area contributed by atoms with Crippen molar-refractivity contribution in [2.24, 2.45) is 5.92 Å². The van der Waals surface area contributed by atoms with E-state index < -0.39 is 0 Å². The second-order valence-electron chi connectivity index (χ2n) is 5.52. The number of halogens is 1. The van der Waals surface area contributed by atoms with Crippen LogP contribution in [0.2, 0.25) is 0 Å². The molecule has 1 heterocycles. The summed E-state index contributed by atoms with van der Waals surface area (Å²) in [5.74, 6) is 0.697. The summed E-state index contributed by atoms with van der Waals surface area (Å²) in [6.07, 6.45) is 5.17. The van der Waals surface area contributed by atoms with Gasteiger partial charge >= 0.3 is 0 Å². The second-order valence-corrected chi connectivity index (χ2v) is 6.31. The predicted octanol–water partition coefficient (Wildman–Crippen LogP) is 3.02. The lowest BCUT2D eigenvalue weighted by Gasteiger charge is -2.27. The van der Waals surface area contributed by atoms with Crippen molar-refractivity contribution in [1.82, 2.24) is 9.78 Å². The number of nitrogens with one attached hydrogen (secondary N) is 1. The van der Waals surface area contributed by atoms with Crippen LogP contribution in [0.1, 0.15) is 40.0 Å². The van der Waals surface area contributed by atoms with Gasteiger partial charge in [-0.1, -0.05) is 6.92 Å². The Morgan fingerprint density at radius 3 is 2.78 bits per heavy atom. The van der Waals surface area contributed by atoms with Crippen LogP contribution in [-0.2, 0) is 6.54 Å². The van der Waals surface area contributed by atoms with E-state index >= 15 is 0 Å². The van der Waals surface area contributed by atoms with Gasteiger partial charge in [-0.25, -0.2) is 4.68 Å². The molecule has 0 atom stereocenters. The van der Waals surface area contributed by atoms with Gasteiger partial charge in [-0.2, -0.15) is 5.10 Å². The minimum Gasteiger partial charge on any atom is -0.378 e. The zero-order valence-electron chi connectivity index (χ0n) is 11.2. The van der Waals surface area contributed by atoms with Crippen LogP contribution in [-0.4, -0.2) is 15.3 Å². The highest BCUT2D eigenvalue weighted by atomic mass is 79.9. The van der Waals surface area contributed by atoms with E-state index in [-0.39, 0.29) is 11.1 Å². The Kier molecular flexibility index (Phi) is 3.80. The third kappa shape index (κ3) is 2.76. The van der Waals surface area contributed by atoms with Gasteiger partial charge in [0.25, 0.3) is 5.56 Å². The molecule has 0 spiro atoms. The van der Waals surface area contributed by atoms with Crippen LogP contribution in [0, 0.1) is 5.92 Å². The Hall–Kier alpha value is -0.840. The Labute approximate surface area is 116 Å². The lowest BCUT2D eigenvalue weighted by atomic mass is 9.98. The monoisotopic (exact) mass is 313 g/mol. The molecule has 1 saturated carbocycles. The maximum atomic E-state index is 12.1. The molecule has 1 aromatic rings. The van der Waals surface area contributed by atoms with Crippen molar-refractivity contribution in [3.8, 4) is 0 Å². The summed E-state index contributed by atoms with van der Waals surface area (Å²) in [5, 5.41) is 7.64. The first-order valence-electron chi connectivity index (χ1n) is 6.49. The smallest absolute Gasteiger partial charge is 0.283 e. The van der Waals surface area contributed by atoms with Crippen molar-refractivity contribution in [2.45, 2.75) is 52.1 Å². The van der Waals surface area contributed by atoms with Gasteiger partial charge in [-0.05, 0) is 55.0 Å². The van der Waals surface area contributed by atoms with E-state index in [1.165, 1.54) is 17.5 Å². The molecule has 0 unspecified atom stereocenters. The lowest BCUT2D eigenvalue weighted by molar-refractivity contribution is 0.492. The molecule has 0 bridgehead atoms. The van der Waals surface area contributed by atoms with E-state index in [9.17, 15) is 4.79 Å². The van der Waals surface area contributed by atoms with Crippen LogP contribution in [0.25, 0.3) is 0 Å². The van der Waals surface area contributed by atoms with Crippen molar-refractivity contribution in [2.75, 3.05) is 5.32 Å². The number of rotatable bonds is 5. The molecule has 0 aromatic carbocycles. The molecule has 0 amide bonds. The zero-order valence-corrected chi connectivity index (χ0v) is 12.7. The maximum Gasteiger partial charge on any atom is 0.283 e. The summed E-state index contributed by atoms with van der Waals surface area (Å²) in [5.41, 5.74) is 0.755. The third-order valence-electron chi connectivity index (χ3n) is 3.48. The van der Waals surface area contributed by atoms with Crippen LogP contribution >= 0.6 is 15.9 Å². The molecular weight excluding hydrogens is 294 g/mol. The van der Waals surface area contributed by atoms with E-state index in [1.54, 1.807) is 6.20 Å². The van der Waals surface area contributed by atoms with Crippen LogP contribution < -0.4 is 10.9 Å². The van der Waals surface area contributed by atoms with Gasteiger partial charge in [0.15, 0.2) is 0 Å². The highest BCUT2D eigenvalue weighted by Gasteiger charge is 2.38. The van der Waals surface area contributed by atoms with Gasteiger partial charge in [-0.15, -0.1) is 0 Å². The molecule has 0 aliphatic heterocycles. The van der Waals surface area contributed by atoms with Crippen molar-refractivity contribution in [3.05, 3.63) is 21.0 Å². The SMILES string of the molecule is CCCn1ncc(NC(C)(C)C2CC2)c(Br)c1=O. The number of anilines is 1. The van der Waals surface area contributed by atoms with Crippen molar-refractivity contribution >= 4 is 21.6 Å². The fourth-order valence-corrected chi connectivity index (χ4v) is 2.58. The van der Waals surface area contributed by atoms with Crippen molar-refractivity contribution in [3.63, 3.8) is 0 Å². The molecule has 18 heavy (non-hydrogen) atoms. The third-order valence-corrected chi connectivity index (χ3v) is 4.24. The van der Waals surface area contributed by atoms with Gasteiger partial charge in [-0.3, -0.25) is 4.79 Å². The summed E-state index contributed by atoms with van der Waals surface area (Å²) in [6.45, 7) is 7.04. The predicted molar refractivity (Wildman–Crippen MR) is 76.9 cm³/mol. The van der Waals surface area contributed by atoms with Crippen LogP contribution in [0.3, 0.4) is 0 Å². The molecule has 1 N–H and O–H groups in total. The van der Waals surface area contributed by atoms with E-state index in [4.69, 9.17) is 0 Å². The molecule has 0 radical (unpaired) electrons. The van der Waals surface area contributed by atoms with Gasteiger partial charge in [0, 0.05) is 12.1 Å². The summed E-state index contributed by atoms with van der Waals surface area (Å²) in [7, 11) is 0. The molecular formula is C13H20BrN3O. The molecule has 1 aliphatic rings. The quantitative estimate of drug-likeness (QED) is 0.909. The normalized spacial score (nSPS) is 15.8. The van der Waals surface area contributed by atoms with Gasteiger partial charge in [0.2, 0.25) is 0 Å². The summed E-state index contributed by atoms with van der Waals surface area (Å²) in [4.78, 5) is 12.1. The van der Waals surface area contributed by atoms with Crippen LogP contribution in [0.4, 0.5) is 5.69 Å². The van der Waals surface area contributed by atoms with Crippen molar-refractivity contribution in [1.29, 1.82) is 0 Å².